The van der Waals surface area contributed by atoms with Crippen molar-refractivity contribution in [1.29, 1.82) is 0 Å². The fourth-order valence-electron chi connectivity index (χ4n) is 2.28. The minimum atomic E-state index is -3.11. The minimum absolute atomic E-state index is 0.0589. The van der Waals surface area contributed by atoms with Crippen LogP contribution in [0.15, 0.2) is 24.3 Å². The van der Waals surface area contributed by atoms with E-state index in [0.717, 1.165) is 24.9 Å². The van der Waals surface area contributed by atoms with Crippen molar-refractivity contribution in [2.75, 3.05) is 20.2 Å². The number of sulfone groups is 1. The predicted molar refractivity (Wildman–Crippen MR) is 71.5 cm³/mol. The van der Waals surface area contributed by atoms with Gasteiger partial charge in [0.1, 0.15) is 5.75 Å². The maximum absolute atomic E-state index is 12.3. The largest absolute Gasteiger partial charge is 0.496 e. The van der Waals surface area contributed by atoms with E-state index in [1.165, 1.54) is 0 Å². The van der Waals surface area contributed by atoms with Crippen LogP contribution in [0, 0.1) is 0 Å². The molecule has 4 nitrogen and oxygen atoms in total. The van der Waals surface area contributed by atoms with Crippen LogP contribution < -0.4 is 10.1 Å². The second-order valence-corrected chi connectivity index (χ2v) is 6.87. The lowest BCUT2D eigenvalue weighted by Crippen LogP contribution is -2.39. The zero-order chi connectivity index (χ0) is 13.0. The molecule has 1 aliphatic rings. The zero-order valence-electron chi connectivity index (χ0n) is 10.6. The van der Waals surface area contributed by atoms with Gasteiger partial charge >= 0.3 is 0 Å². The highest BCUT2D eigenvalue weighted by atomic mass is 32.2. The van der Waals surface area contributed by atoms with Crippen LogP contribution in [0.3, 0.4) is 0 Å². The second-order valence-electron chi connectivity index (χ2n) is 4.59. The Labute approximate surface area is 108 Å². The van der Waals surface area contributed by atoms with E-state index in [1.54, 1.807) is 13.2 Å². The first-order valence-corrected chi connectivity index (χ1v) is 7.89. The summed E-state index contributed by atoms with van der Waals surface area (Å²) in [6, 6.07) is 7.29. The third-order valence-corrected chi connectivity index (χ3v) is 5.44. The van der Waals surface area contributed by atoms with Gasteiger partial charge in [-0.25, -0.2) is 8.42 Å². The summed E-state index contributed by atoms with van der Waals surface area (Å²) in [5.41, 5.74) is 0.741. The maximum atomic E-state index is 12.3. The Morgan fingerprint density at radius 1 is 1.39 bits per heavy atom. The zero-order valence-corrected chi connectivity index (χ0v) is 11.4. The third kappa shape index (κ3) is 3.03. The molecule has 0 saturated carbocycles. The summed E-state index contributed by atoms with van der Waals surface area (Å²) in [4.78, 5) is 0. The van der Waals surface area contributed by atoms with Gasteiger partial charge in [0.15, 0.2) is 9.84 Å². The number of para-hydroxylation sites is 1. The van der Waals surface area contributed by atoms with Gasteiger partial charge in [-0.3, -0.25) is 0 Å². The van der Waals surface area contributed by atoms with Crippen molar-refractivity contribution in [2.45, 2.75) is 23.8 Å². The minimum Gasteiger partial charge on any atom is -0.496 e. The molecule has 0 aliphatic carbocycles. The van der Waals surface area contributed by atoms with Crippen molar-refractivity contribution in [3.05, 3.63) is 29.8 Å². The number of hydrogen-bond donors (Lipinski definition) is 1. The van der Waals surface area contributed by atoms with Gasteiger partial charge in [-0.15, -0.1) is 0 Å². The first kappa shape index (κ1) is 13.4. The molecule has 1 aromatic carbocycles. The van der Waals surface area contributed by atoms with Crippen LogP contribution >= 0.6 is 0 Å². The number of ether oxygens (including phenoxy) is 1. The fraction of sp³-hybridized carbons (Fsp3) is 0.538. The average molecular weight is 269 g/mol. The first-order valence-electron chi connectivity index (χ1n) is 6.17. The van der Waals surface area contributed by atoms with Gasteiger partial charge in [-0.2, -0.15) is 0 Å². The molecule has 1 aliphatic heterocycles. The van der Waals surface area contributed by atoms with Crippen molar-refractivity contribution in [2.24, 2.45) is 0 Å². The molecular weight excluding hydrogens is 250 g/mol. The lowest BCUT2D eigenvalue weighted by molar-refractivity contribution is 0.410. The molecule has 1 atom stereocenters. The van der Waals surface area contributed by atoms with Gasteiger partial charge in [-0.1, -0.05) is 18.2 Å². The number of nitrogens with one attached hydrogen (secondary N) is 1. The topological polar surface area (TPSA) is 55.4 Å². The monoisotopic (exact) mass is 269 g/mol. The molecule has 1 aromatic rings. The molecule has 1 fully saturated rings. The summed E-state index contributed by atoms with van der Waals surface area (Å²) in [6.07, 6.45) is 1.68. The molecule has 100 valence electrons. The highest BCUT2D eigenvalue weighted by molar-refractivity contribution is 7.91. The highest BCUT2D eigenvalue weighted by Gasteiger charge is 2.28. The SMILES string of the molecule is COc1ccccc1CS(=O)(=O)C1CCCNC1. The van der Waals surface area contributed by atoms with E-state index in [0.29, 0.717) is 12.3 Å². The van der Waals surface area contributed by atoms with Gasteiger partial charge in [0.25, 0.3) is 0 Å². The smallest absolute Gasteiger partial charge is 0.158 e. The van der Waals surface area contributed by atoms with Crippen molar-refractivity contribution in [1.82, 2.24) is 5.32 Å². The number of benzene rings is 1. The lowest BCUT2D eigenvalue weighted by atomic mass is 10.2. The Hall–Kier alpha value is -1.07. The van der Waals surface area contributed by atoms with Gasteiger partial charge in [0, 0.05) is 12.1 Å². The Morgan fingerprint density at radius 2 is 2.17 bits per heavy atom. The van der Waals surface area contributed by atoms with E-state index < -0.39 is 9.84 Å². The van der Waals surface area contributed by atoms with Crippen molar-refractivity contribution in [3.8, 4) is 5.75 Å². The second kappa shape index (κ2) is 5.71. The predicted octanol–water partition coefficient (Wildman–Crippen LogP) is 1.36. The van der Waals surface area contributed by atoms with Gasteiger partial charge in [0.05, 0.1) is 18.1 Å². The molecule has 0 aromatic heterocycles. The van der Waals surface area contributed by atoms with E-state index in [9.17, 15) is 8.42 Å². The standard InChI is InChI=1S/C13H19NO3S/c1-17-13-7-3-2-5-11(13)10-18(15,16)12-6-4-8-14-9-12/h2-3,5,7,12,14H,4,6,8-10H2,1H3. The van der Waals surface area contributed by atoms with Crippen LogP contribution in [0.25, 0.3) is 0 Å². The average Bonchev–Trinajstić information content (AvgIpc) is 2.40. The summed E-state index contributed by atoms with van der Waals surface area (Å²) in [6.45, 7) is 1.48. The fourth-order valence-corrected chi connectivity index (χ4v) is 4.09. The molecule has 1 saturated heterocycles. The van der Waals surface area contributed by atoms with Gasteiger partial charge in [-0.05, 0) is 25.5 Å². The molecule has 0 bridgehead atoms. The molecule has 0 radical (unpaired) electrons. The first-order chi connectivity index (χ1) is 8.63. The molecule has 1 heterocycles. The van der Waals surface area contributed by atoms with Crippen LogP contribution in [-0.4, -0.2) is 33.9 Å². The summed E-state index contributed by atoms with van der Waals surface area (Å²) in [5.74, 6) is 0.702. The summed E-state index contributed by atoms with van der Waals surface area (Å²) in [7, 11) is -1.55. The Kier molecular flexibility index (Phi) is 4.24. The molecule has 1 unspecified atom stereocenters. The highest BCUT2D eigenvalue weighted by Crippen LogP contribution is 2.23. The van der Waals surface area contributed by atoms with Gasteiger partial charge in [0.2, 0.25) is 0 Å². The van der Waals surface area contributed by atoms with Crippen LogP contribution in [0.5, 0.6) is 5.75 Å². The number of hydrogen-bond acceptors (Lipinski definition) is 4. The van der Waals surface area contributed by atoms with Crippen molar-refractivity contribution in [3.63, 3.8) is 0 Å². The number of piperidine rings is 1. The van der Waals surface area contributed by atoms with Crippen LogP contribution in [0.4, 0.5) is 0 Å². The van der Waals surface area contributed by atoms with E-state index in [4.69, 9.17) is 4.74 Å². The molecular formula is C13H19NO3S. The summed E-state index contributed by atoms with van der Waals surface area (Å²) >= 11 is 0. The van der Waals surface area contributed by atoms with Crippen molar-refractivity contribution < 1.29 is 13.2 Å². The quantitative estimate of drug-likeness (QED) is 0.897. The maximum Gasteiger partial charge on any atom is 0.158 e. The summed E-state index contributed by atoms with van der Waals surface area (Å²) in [5, 5.41) is 2.88. The van der Waals surface area contributed by atoms with E-state index in [2.05, 4.69) is 5.32 Å². The normalized spacial score (nSPS) is 20.6. The van der Waals surface area contributed by atoms with E-state index in [1.807, 2.05) is 18.2 Å². The van der Waals surface area contributed by atoms with Gasteiger partial charge < -0.3 is 10.1 Å². The van der Waals surface area contributed by atoms with E-state index in [-0.39, 0.29) is 11.0 Å². The molecule has 18 heavy (non-hydrogen) atoms. The number of methoxy groups -OCH3 is 1. The van der Waals surface area contributed by atoms with E-state index >= 15 is 0 Å². The Bertz CT molecular complexity index is 493. The molecule has 5 heteroatoms. The Morgan fingerprint density at radius 3 is 2.83 bits per heavy atom. The third-order valence-electron chi connectivity index (χ3n) is 3.31. The van der Waals surface area contributed by atoms with Crippen LogP contribution in [0.2, 0.25) is 0 Å². The lowest BCUT2D eigenvalue weighted by Gasteiger charge is -2.23. The van der Waals surface area contributed by atoms with Crippen LogP contribution in [0.1, 0.15) is 18.4 Å². The summed E-state index contributed by atoms with van der Waals surface area (Å²) < 4.78 is 29.9. The van der Waals surface area contributed by atoms with Crippen molar-refractivity contribution >= 4 is 9.84 Å². The Balaban J connectivity index is 2.16. The molecule has 0 amide bonds. The molecule has 2 rings (SSSR count). The molecule has 1 N–H and O–H groups in total. The number of rotatable bonds is 4. The molecule has 0 spiro atoms. The van der Waals surface area contributed by atoms with Crippen LogP contribution in [-0.2, 0) is 15.6 Å².